The Morgan fingerprint density at radius 1 is 1.07 bits per heavy atom. The summed E-state index contributed by atoms with van der Waals surface area (Å²) in [5.41, 5.74) is 12.3. The number of nitrogens with zero attached hydrogens (tertiary/aromatic N) is 1. The molecule has 1 unspecified atom stereocenters. The molecule has 0 aliphatic heterocycles. The highest BCUT2D eigenvalue weighted by atomic mass is 32.2. The Bertz CT molecular complexity index is 816. The van der Waals surface area contributed by atoms with Gasteiger partial charge in [-0.2, -0.15) is 4.31 Å². The third-order valence-electron chi connectivity index (χ3n) is 4.17. The largest absolute Gasteiger partial charge is 0.399 e. The van der Waals surface area contributed by atoms with Crippen LogP contribution in [0, 0.1) is 0 Å². The second kappa shape index (κ2) is 8.84. The van der Waals surface area contributed by atoms with Crippen LogP contribution in [0.25, 0.3) is 0 Å². The zero-order valence-electron chi connectivity index (χ0n) is 15.9. The van der Waals surface area contributed by atoms with Gasteiger partial charge in [0.2, 0.25) is 10.0 Å². The first-order valence-electron chi connectivity index (χ1n) is 8.95. The van der Waals surface area contributed by atoms with Gasteiger partial charge in [-0.05, 0) is 56.5 Å². The van der Waals surface area contributed by atoms with Crippen LogP contribution in [0.2, 0.25) is 0 Å². The van der Waals surface area contributed by atoms with E-state index in [0.717, 1.165) is 5.56 Å². The van der Waals surface area contributed by atoms with E-state index in [-0.39, 0.29) is 24.0 Å². The van der Waals surface area contributed by atoms with E-state index in [2.05, 4.69) is 0 Å². The van der Waals surface area contributed by atoms with E-state index in [1.54, 1.807) is 26.0 Å². The summed E-state index contributed by atoms with van der Waals surface area (Å²) in [7, 11) is -3.76. The molecule has 2 aromatic carbocycles. The van der Waals surface area contributed by atoms with E-state index in [4.69, 9.17) is 11.5 Å². The fourth-order valence-electron chi connectivity index (χ4n) is 2.83. The Hall–Kier alpha value is -1.93. The number of anilines is 1. The minimum absolute atomic E-state index is 0.0161. The Morgan fingerprint density at radius 3 is 2.22 bits per heavy atom. The number of sulfonamides is 1. The molecular weight excluding hydrogens is 362 g/mol. The summed E-state index contributed by atoms with van der Waals surface area (Å²) in [4.78, 5) is 0.151. The molecule has 148 valence electrons. The Morgan fingerprint density at radius 2 is 1.67 bits per heavy atom. The molecule has 0 aliphatic rings. The molecule has 1 atom stereocenters. The molecular formula is C20H29N3O3S. The molecule has 5 N–H and O–H groups in total. The van der Waals surface area contributed by atoms with Crippen molar-refractivity contribution in [3.63, 3.8) is 0 Å². The van der Waals surface area contributed by atoms with Crippen LogP contribution in [0.1, 0.15) is 25.8 Å². The van der Waals surface area contributed by atoms with E-state index < -0.39 is 15.6 Å². The summed E-state index contributed by atoms with van der Waals surface area (Å²) in [6.07, 6.45) is 1.15. The van der Waals surface area contributed by atoms with Gasteiger partial charge >= 0.3 is 0 Å². The van der Waals surface area contributed by atoms with Crippen molar-refractivity contribution >= 4 is 15.7 Å². The van der Waals surface area contributed by atoms with Gasteiger partial charge in [-0.25, -0.2) is 8.42 Å². The summed E-state index contributed by atoms with van der Waals surface area (Å²) >= 11 is 0. The lowest BCUT2D eigenvalue weighted by atomic mass is 10.0. The first-order valence-corrected chi connectivity index (χ1v) is 10.4. The fourth-order valence-corrected chi connectivity index (χ4v) is 4.44. The topological polar surface area (TPSA) is 110 Å². The maximum atomic E-state index is 13.0. The number of nitrogens with two attached hydrogens (primary N) is 2. The first kappa shape index (κ1) is 21.4. The highest BCUT2D eigenvalue weighted by Crippen LogP contribution is 2.20. The molecule has 0 saturated carbocycles. The van der Waals surface area contributed by atoms with Crippen LogP contribution in [0.15, 0.2) is 59.5 Å². The van der Waals surface area contributed by atoms with Gasteiger partial charge in [0.05, 0.1) is 10.5 Å². The number of hydrogen-bond acceptors (Lipinski definition) is 5. The van der Waals surface area contributed by atoms with Gasteiger partial charge in [0.1, 0.15) is 0 Å². The molecule has 0 aromatic heterocycles. The molecule has 2 rings (SSSR count). The Balaban J connectivity index is 2.13. The van der Waals surface area contributed by atoms with Crippen molar-refractivity contribution in [1.82, 2.24) is 4.31 Å². The van der Waals surface area contributed by atoms with Crippen molar-refractivity contribution in [2.24, 2.45) is 5.73 Å². The summed E-state index contributed by atoms with van der Waals surface area (Å²) in [5, 5.41) is 10.2. The van der Waals surface area contributed by atoms with Crippen molar-refractivity contribution in [2.75, 3.05) is 18.8 Å². The van der Waals surface area contributed by atoms with Gasteiger partial charge in [-0.15, -0.1) is 0 Å². The molecule has 0 bridgehead atoms. The average molecular weight is 392 g/mol. The summed E-state index contributed by atoms with van der Waals surface area (Å²) in [6, 6.07) is 15.7. The third-order valence-corrected chi connectivity index (χ3v) is 6.03. The number of hydrogen-bond donors (Lipinski definition) is 3. The number of nitrogen functional groups attached to an aromatic ring is 1. The summed E-state index contributed by atoms with van der Waals surface area (Å²) < 4.78 is 27.3. The van der Waals surface area contributed by atoms with Crippen LogP contribution in [0.5, 0.6) is 0 Å². The van der Waals surface area contributed by atoms with Crippen molar-refractivity contribution in [1.29, 1.82) is 0 Å². The van der Waals surface area contributed by atoms with Crippen LogP contribution in [0.4, 0.5) is 5.69 Å². The maximum Gasteiger partial charge on any atom is 0.243 e. The summed E-state index contributed by atoms with van der Waals surface area (Å²) in [5.74, 6) is 0. The fraction of sp³-hybridized carbons (Fsp3) is 0.400. The number of benzene rings is 2. The molecule has 0 amide bonds. The first-order chi connectivity index (χ1) is 12.6. The van der Waals surface area contributed by atoms with E-state index in [1.807, 2.05) is 30.3 Å². The summed E-state index contributed by atoms with van der Waals surface area (Å²) in [6.45, 7) is 3.38. The molecule has 7 heteroatoms. The highest BCUT2D eigenvalue weighted by molar-refractivity contribution is 7.89. The minimum atomic E-state index is -3.76. The lowest BCUT2D eigenvalue weighted by Gasteiger charge is -2.29. The second-order valence-corrected chi connectivity index (χ2v) is 9.40. The van der Waals surface area contributed by atoms with E-state index in [1.165, 1.54) is 16.4 Å². The van der Waals surface area contributed by atoms with Crippen LogP contribution in [-0.2, 0) is 16.4 Å². The second-order valence-electron chi connectivity index (χ2n) is 7.46. The van der Waals surface area contributed by atoms with Gasteiger partial charge in [0, 0.05) is 24.8 Å². The van der Waals surface area contributed by atoms with Crippen molar-refractivity contribution in [3.05, 3.63) is 60.2 Å². The van der Waals surface area contributed by atoms with Crippen LogP contribution in [-0.4, -0.2) is 42.6 Å². The molecule has 0 aliphatic carbocycles. The number of aliphatic hydroxyl groups is 1. The molecule has 27 heavy (non-hydrogen) atoms. The monoisotopic (exact) mass is 391 g/mol. The van der Waals surface area contributed by atoms with E-state index in [9.17, 15) is 13.5 Å². The van der Waals surface area contributed by atoms with Crippen LogP contribution in [0.3, 0.4) is 0 Å². The smallest absolute Gasteiger partial charge is 0.243 e. The third kappa shape index (κ3) is 6.62. The number of rotatable bonds is 9. The Kier molecular flexibility index (Phi) is 7.00. The van der Waals surface area contributed by atoms with Gasteiger partial charge in [-0.1, -0.05) is 30.3 Å². The zero-order valence-corrected chi connectivity index (χ0v) is 16.7. The lowest BCUT2D eigenvalue weighted by molar-refractivity contribution is 0.0585. The van der Waals surface area contributed by atoms with Crippen molar-refractivity contribution in [3.8, 4) is 0 Å². The van der Waals surface area contributed by atoms with Gasteiger partial charge < -0.3 is 16.6 Å². The predicted octanol–water partition coefficient (Wildman–Crippen LogP) is 1.99. The van der Waals surface area contributed by atoms with Crippen molar-refractivity contribution in [2.45, 2.75) is 43.2 Å². The zero-order chi connectivity index (χ0) is 20.1. The van der Waals surface area contributed by atoms with Crippen LogP contribution < -0.4 is 11.5 Å². The van der Waals surface area contributed by atoms with Gasteiger partial charge in [0.25, 0.3) is 0 Å². The predicted molar refractivity (Wildman–Crippen MR) is 109 cm³/mol. The van der Waals surface area contributed by atoms with E-state index in [0.29, 0.717) is 18.5 Å². The lowest BCUT2D eigenvalue weighted by Crippen LogP contribution is -2.44. The maximum absolute atomic E-state index is 13.0. The van der Waals surface area contributed by atoms with E-state index >= 15 is 0 Å². The highest BCUT2D eigenvalue weighted by Gasteiger charge is 2.29. The average Bonchev–Trinajstić information content (AvgIpc) is 2.59. The molecule has 0 saturated heterocycles. The molecule has 0 radical (unpaired) electrons. The quantitative estimate of drug-likeness (QED) is 0.566. The molecule has 6 nitrogen and oxygen atoms in total. The molecule has 0 spiro atoms. The van der Waals surface area contributed by atoms with Gasteiger partial charge in [-0.3, -0.25) is 0 Å². The van der Waals surface area contributed by atoms with Crippen LogP contribution >= 0.6 is 0 Å². The Labute approximate surface area is 161 Å². The van der Waals surface area contributed by atoms with Gasteiger partial charge in [0.15, 0.2) is 0 Å². The standard InChI is InChI=1S/C20H29N3O3S/c1-20(2,24)15-23(27(25,26)19-10-8-17(21)9-11-19)13-12-18(22)14-16-6-4-3-5-7-16/h3-11,18,24H,12-15,21-22H2,1-2H3. The normalized spacial score (nSPS) is 13.7. The molecule has 0 heterocycles. The minimum Gasteiger partial charge on any atom is -0.399 e. The SMILES string of the molecule is CC(C)(O)CN(CCC(N)Cc1ccccc1)S(=O)(=O)c1ccc(N)cc1. The molecule has 0 fully saturated rings. The van der Waals surface area contributed by atoms with Crippen molar-refractivity contribution < 1.29 is 13.5 Å². The molecule has 2 aromatic rings.